The summed E-state index contributed by atoms with van der Waals surface area (Å²) in [6, 6.07) is 5.83. The number of benzene rings is 1. The van der Waals surface area contributed by atoms with E-state index in [4.69, 9.17) is 0 Å². The summed E-state index contributed by atoms with van der Waals surface area (Å²) >= 11 is 3.36. The first-order valence-corrected chi connectivity index (χ1v) is 6.89. The highest BCUT2D eigenvalue weighted by Gasteiger charge is 2.17. The van der Waals surface area contributed by atoms with Crippen LogP contribution in [-0.4, -0.2) is 18.6 Å². The molecule has 0 amide bonds. The second-order valence-electron chi connectivity index (χ2n) is 4.70. The molecule has 17 heavy (non-hydrogen) atoms. The molecule has 2 atom stereocenters. The molecule has 2 unspecified atom stereocenters. The molecule has 94 valence electrons. The molecule has 2 nitrogen and oxygen atoms in total. The molecule has 1 heterocycles. The number of halogens is 2. The van der Waals surface area contributed by atoms with Gasteiger partial charge in [-0.3, -0.25) is 0 Å². The van der Waals surface area contributed by atoms with Gasteiger partial charge in [0, 0.05) is 16.6 Å². The van der Waals surface area contributed by atoms with E-state index in [2.05, 4.69) is 33.5 Å². The summed E-state index contributed by atoms with van der Waals surface area (Å²) in [6.07, 6.45) is 3.52. The highest BCUT2D eigenvalue weighted by atomic mass is 79.9. The van der Waals surface area contributed by atoms with Crippen LogP contribution in [-0.2, 0) is 0 Å². The van der Waals surface area contributed by atoms with Crippen molar-refractivity contribution in [1.82, 2.24) is 5.32 Å². The van der Waals surface area contributed by atoms with E-state index in [0.29, 0.717) is 11.7 Å². The molecule has 1 fully saturated rings. The second-order valence-corrected chi connectivity index (χ2v) is 5.61. The lowest BCUT2D eigenvalue weighted by molar-refractivity contribution is 0.521. The molecule has 0 aromatic heterocycles. The molecule has 0 radical (unpaired) electrons. The molecule has 0 spiro atoms. The highest BCUT2D eigenvalue weighted by Crippen LogP contribution is 2.22. The molecule has 0 bridgehead atoms. The minimum absolute atomic E-state index is 0.195. The molecule has 2 N–H and O–H groups in total. The molecule has 1 aliphatic heterocycles. The van der Waals surface area contributed by atoms with Crippen molar-refractivity contribution < 1.29 is 4.39 Å². The quantitative estimate of drug-likeness (QED) is 0.889. The Hall–Kier alpha value is -0.610. The van der Waals surface area contributed by atoms with Crippen LogP contribution >= 0.6 is 15.9 Å². The molecular weight excluding hydrogens is 283 g/mol. The molecule has 2 rings (SSSR count). The number of hydrogen-bond donors (Lipinski definition) is 2. The maximum atomic E-state index is 13.5. The Morgan fingerprint density at radius 3 is 3.12 bits per heavy atom. The van der Waals surface area contributed by atoms with Crippen LogP contribution in [0.2, 0.25) is 0 Å². The van der Waals surface area contributed by atoms with Crippen LogP contribution in [0.3, 0.4) is 0 Å². The smallest absolute Gasteiger partial charge is 0.146 e. The van der Waals surface area contributed by atoms with E-state index < -0.39 is 0 Å². The van der Waals surface area contributed by atoms with Gasteiger partial charge in [0.1, 0.15) is 5.82 Å². The fourth-order valence-corrected chi connectivity index (χ4v) is 2.68. The van der Waals surface area contributed by atoms with Crippen LogP contribution in [0.1, 0.15) is 26.2 Å². The van der Waals surface area contributed by atoms with Crippen molar-refractivity contribution in [3.63, 3.8) is 0 Å². The van der Waals surface area contributed by atoms with E-state index in [-0.39, 0.29) is 11.9 Å². The van der Waals surface area contributed by atoms with Crippen LogP contribution in [0.4, 0.5) is 10.1 Å². The SMILES string of the molecule is CC(CC1CCCN1)Nc1cc(Br)ccc1F. The normalized spacial score (nSPS) is 21.5. The monoisotopic (exact) mass is 300 g/mol. The van der Waals surface area contributed by atoms with E-state index in [1.165, 1.54) is 18.9 Å². The van der Waals surface area contributed by atoms with Gasteiger partial charge in [-0.2, -0.15) is 0 Å². The predicted molar refractivity (Wildman–Crippen MR) is 72.8 cm³/mol. The number of nitrogens with one attached hydrogen (secondary N) is 2. The first-order chi connectivity index (χ1) is 8.15. The zero-order valence-electron chi connectivity index (χ0n) is 9.97. The lowest BCUT2D eigenvalue weighted by atomic mass is 10.1. The van der Waals surface area contributed by atoms with Gasteiger partial charge in [-0.25, -0.2) is 4.39 Å². The number of hydrogen-bond acceptors (Lipinski definition) is 2. The molecule has 1 saturated heterocycles. The predicted octanol–water partition coefficient (Wildman–Crippen LogP) is 3.53. The topological polar surface area (TPSA) is 24.1 Å². The van der Waals surface area contributed by atoms with Gasteiger partial charge in [-0.05, 0) is 50.9 Å². The van der Waals surface area contributed by atoms with E-state index in [1.807, 2.05) is 0 Å². The van der Waals surface area contributed by atoms with E-state index in [0.717, 1.165) is 17.4 Å². The summed E-state index contributed by atoms with van der Waals surface area (Å²) in [6.45, 7) is 3.21. The lowest BCUT2D eigenvalue weighted by Gasteiger charge is -2.19. The second kappa shape index (κ2) is 5.83. The molecule has 0 saturated carbocycles. The van der Waals surface area contributed by atoms with Gasteiger partial charge >= 0.3 is 0 Å². The van der Waals surface area contributed by atoms with Gasteiger partial charge in [0.2, 0.25) is 0 Å². The summed E-state index contributed by atoms with van der Waals surface area (Å²) in [5.74, 6) is -0.195. The van der Waals surface area contributed by atoms with Gasteiger partial charge in [-0.15, -0.1) is 0 Å². The third-order valence-corrected chi connectivity index (χ3v) is 3.62. The molecule has 1 aromatic carbocycles. The summed E-state index contributed by atoms with van der Waals surface area (Å²) in [4.78, 5) is 0. The van der Waals surface area contributed by atoms with Crippen molar-refractivity contribution in [2.24, 2.45) is 0 Å². The highest BCUT2D eigenvalue weighted by molar-refractivity contribution is 9.10. The average molecular weight is 301 g/mol. The average Bonchev–Trinajstić information content (AvgIpc) is 2.76. The molecule has 0 aliphatic carbocycles. The maximum Gasteiger partial charge on any atom is 0.146 e. The van der Waals surface area contributed by atoms with Crippen molar-refractivity contribution in [1.29, 1.82) is 0 Å². The third-order valence-electron chi connectivity index (χ3n) is 3.13. The summed E-state index contributed by atoms with van der Waals surface area (Å²) < 4.78 is 14.4. The van der Waals surface area contributed by atoms with Crippen molar-refractivity contribution in [2.45, 2.75) is 38.3 Å². The Morgan fingerprint density at radius 1 is 1.59 bits per heavy atom. The minimum atomic E-state index is -0.195. The molecule has 1 aliphatic rings. The van der Waals surface area contributed by atoms with Crippen LogP contribution in [0.25, 0.3) is 0 Å². The van der Waals surface area contributed by atoms with Crippen LogP contribution in [0, 0.1) is 5.82 Å². The van der Waals surface area contributed by atoms with Gasteiger partial charge in [0.25, 0.3) is 0 Å². The zero-order valence-corrected chi connectivity index (χ0v) is 11.6. The zero-order chi connectivity index (χ0) is 12.3. The Balaban J connectivity index is 1.92. The molecular formula is C13H18BrFN2. The van der Waals surface area contributed by atoms with Gasteiger partial charge in [0.05, 0.1) is 5.69 Å². The Bertz CT molecular complexity index is 378. The van der Waals surface area contributed by atoms with Crippen molar-refractivity contribution in [3.8, 4) is 0 Å². The molecule has 1 aromatic rings. The first-order valence-electron chi connectivity index (χ1n) is 6.10. The van der Waals surface area contributed by atoms with Crippen molar-refractivity contribution >= 4 is 21.6 Å². The molecule has 4 heteroatoms. The van der Waals surface area contributed by atoms with Crippen LogP contribution < -0.4 is 10.6 Å². The lowest BCUT2D eigenvalue weighted by Crippen LogP contribution is -2.29. The fraction of sp³-hybridized carbons (Fsp3) is 0.538. The van der Waals surface area contributed by atoms with Crippen LogP contribution in [0.15, 0.2) is 22.7 Å². The Morgan fingerprint density at radius 2 is 2.41 bits per heavy atom. The summed E-state index contributed by atoms with van der Waals surface area (Å²) in [7, 11) is 0. The largest absolute Gasteiger partial charge is 0.380 e. The number of rotatable bonds is 4. The third kappa shape index (κ3) is 3.68. The summed E-state index contributed by atoms with van der Waals surface area (Å²) in [5.41, 5.74) is 0.574. The van der Waals surface area contributed by atoms with Gasteiger partial charge in [0.15, 0.2) is 0 Å². The van der Waals surface area contributed by atoms with E-state index in [9.17, 15) is 4.39 Å². The number of anilines is 1. The fourth-order valence-electron chi connectivity index (χ4n) is 2.32. The first kappa shape index (κ1) is 12.8. The van der Waals surface area contributed by atoms with Gasteiger partial charge in [-0.1, -0.05) is 15.9 Å². The van der Waals surface area contributed by atoms with Crippen molar-refractivity contribution in [3.05, 3.63) is 28.5 Å². The van der Waals surface area contributed by atoms with Crippen molar-refractivity contribution in [2.75, 3.05) is 11.9 Å². The van der Waals surface area contributed by atoms with E-state index >= 15 is 0 Å². The Labute approximate surface area is 110 Å². The minimum Gasteiger partial charge on any atom is -0.380 e. The van der Waals surface area contributed by atoms with Crippen LogP contribution in [0.5, 0.6) is 0 Å². The maximum absolute atomic E-state index is 13.5. The standard InChI is InChI=1S/C13H18BrFN2/c1-9(7-11-3-2-6-16-11)17-13-8-10(14)4-5-12(13)15/h4-5,8-9,11,16-17H,2-3,6-7H2,1H3. The van der Waals surface area contributed by atoms with E-state index in [1.54, 1.807) is 12.1 Å². The summed E-state index contributed by atoms with van der Waals surface area (Å²) in [5, 5.41) is 6.69. The van der Waals surface area contributed by atoms with Gasteiger partial charge < -0.3 is 10.6 Å². The Kier molecular flexibility index (Phi) is 4.40.